The molecule has 1 heterocycles. The summed E-state index contributed by atoms with van der Waals surface area (Å²) < 4.78 is 1.92. The molecule has 1 fully saturated rings. The first-order valence-corrected chi connectivity index (χ1v) is 7.92. The molecule has 2 N–H and O–H groups in total. The first-order valence-electron chi connectivity index (χ1n) is 6.05. The third-order valence-corrected chi connectivity index (χ3v) is 4.49. The van der Waals surface area contributed by atoms with Crippen molar-refractivity contribution in [2.75, 3.05) is 6.54 Å². The van der Waals surface area contributed by atoms with Gasteiger partial charge in [0.05, 0.1) is 5.56 Å². The maximum atomic E-state index is 12.2. The molecular formula is C13H16BrIN2O. The van der Waals surface area contributed by atoms with Gasteiger partial charge in [0.1, 0.15) is 0 Å². The van der Waals surface area contributed by atoms with Crippen LogP contribution >= 0.6 is 38.5 Å². The average Bonchev–Trinajstić information content (AvgIpc) is 2.32. The lowest BCUT2D eigenvalue weighted by Crippen LogP contribution is -2.46. The van der Waals surface area contributed by atoms with Crippen molar-refractivity contribution in [1.82, 2.24) is 10.6 Å². The lowest BCUT2D eigenvalue weighted by Gasteiger charge is -2.28. The van der Waals surface area contributed by atoms with Crippen LogP contribution in [-0.4, -0.2) is 24.5 Å². The molecule has 1 aliphatic heterocycles. The number of carbonyl (C=O) groups excluding carboxylic acids is 1. The summed E-state index contributed by atoms with van der Waals surface area (Å²) >= 11 is 5.65. The average molecular weight is 423 g/mol. The molecule has 1 aromatic rings. The number of halogens is 2. The van der Waals surface area contributed by atoms with Crippen molar-refractivity contribution in [3.8, 4) is 0 Å². The van der Waals surface area contributed by atoms with Crippen LogP contribution in [0, 0.1) is 3.57 Å². The van der Waals surface area contributed by atoms with E-state index in [0.717, 1.165) is 27.4 Å². The summed E-state index contributed by atoms with van der Waals surface area (Å²) in [5.41, 5.74) is 0.716. The summed E-state index contributed by atoms with van der Waals surface area (Å²) in [4.78, 5) is 12.2. The molecule has 1 aliphatic rings. The minimum absolute atomic E-state index is 0.0134. The Hall–Kier alpha value is -0.140. The van der Waals surface area contributed by atoms with E-state index in [1.165, 1.54) is 0 Å². The monoisotopic (exact) mass is 422 g/mol. The number of amides is 1. The Morgan fingerprint density at radius 1 is 1.56 bits per heavy atom. The molecule has 0 radical (unpaired) electrons. The van der Waals surface area contributed by atoms with Gasteiger partial charge in [-0.3, -0.25) is 4.79 Å². The molecule has 3 nitrogen and oxygen atoms in total. The van der Waals surface area contributed by atoms with Gasteiger partial charge in [-0.05, 0) is 83.0 Å². The number of nitrogens with one attached hydrogen (secondary N) is 2. The maximum absolute atomic E-state index is 12.2. The fourth-order valence-electron chi connectivity index (χ4n) is 2.20. The second-order valence-electron chi connectivity index (χ2n) is 4.67. The van der Waals surface area contributed by atoms with E-state index in [1.807, 2.05) is 18.2 Å². The highest BCUT2D eigenvalue weighted by atomic mass is 127. The summed E-state index contributed by atoms with van der Waals surface area (Å²) in [5.74, 6) is 0.0134. The van der Waals surface area contributed by atoms with Crippen LogP contribution in [0.1, 0.15) is 30.1 Å². The van der Waals surface area contributed by atoms with Crippen LogP contribution in [0.4, 0.5) is 0 Å². The summed E-state index contributed by atoms with van der Waals surface area (Å²) in [7, 11) is 0. The van der Waals surface area contributed by atoms with Crippen molar-refractivity contribution in [2.45, 2.75) is 31.8 Å². The van der Waals surface area contributed by atoms with Gasteiger partial charge in [0.2, 0.25) is 0 Å². The summed E-state index contributed by atoms with van der Waals surface area (Å²) in [6.07, 6.45) is 1.99. The third-order valence-electron chi connectivity index (χ3n) is 3.13. The van der Waals surface area contributed by atoms with Gasteiger partial charge in [-0.25, -0.2) is 0 Å². The number of piperidine rings is 1. The summed E-state index contributed by atoms with van der Waals surface area (Å²) in [6.45, 7) is 3.12. The van der Waals surface area contributed by atoms with Crippen molar-refractivity contribution < 1.29 is 4.79 Å². The molecule has 0 aromatic heterocycles. The van der Waals surface area contributed by atoms with Gasteiger partial charge in [0, 0.05) is 20.1 Å². The fraction of sp³-hybridized carbons (Fsp3) is 0.462. The quantitative estimate of drug-likeness (QED) is 0.719. The number of hydrogen-bond donors (Lipinski definition) is 2. The van der Waals surface area contributed by atoms with Crippen molar-refractivity contribution in [1.29, 1.82) is 0 Å². The van der Waals surface area contributed by atoms with Gasteiger partial charge in [-0.1, -0.05) is 0 Å². The Balaban J connectivity index is 2.05. The minimum atomic E-state index is 0.0134. The van der Waals surface area contributed by atoms with Gasteiger partial charge in [0.15, 0.2) is 0 Å². The van der Waals surface area contributed by atoms with Crippen molar-refractivity contribution in [3.63, 3.8) is 0 Å². The molecule has 0 aliphatic carbocycles. The lowest BCUT2D eigenvalue weighted by molar-refractivity contribution is 0.0925. The second kappa shape index (κ2) is 6.34. The van der Waals surface area contributed by atoms with Gasteiger partial charge in [-0.15, -0.1) is 0 Å². The number of rotatable bonds is 2. The van der Waals surface area contributed by atoms with Gasteiger partial charge in [-0.2, -0.15) is 0 Å². The Morgan fingerprint density at radius 2 is 2.33 bits per heavy atom. The molecule has 1 amide bonds. The fourth-order valence-corrected chi connectivity index (χ4v) is 3.12. The molecule has 0 spiro atoms. The molecule has 98 valence electrons. The molecule has 2 unspecified atom stereocenters. The first kappa shape index (κ1) is 14.3. The van der Waals surface area contributed by atoms with Crippen LogP contribution in [0.15, 0.2) is 22.7 Å². The largest absolute Gasteiger partial charge is 0.349 e. The van der Waals surface area contributed by atoms with Crippen LogP contribution in [0.3, 0.4) is 0 Å². The Labute approximate surface area is 129 Å². The molecule has 0 saturated carbocycles. The lowest BCUT2D eigenvalue weighted by atomic mass is 10.0. The van der Waals surface area contributed by atoms with E-state index in [1.54, 1.807) is 0 Å². The van der Waals surface area contributed by atoms with E-state index in [-0.39, 0.29) is 11.9 Å². The number of hydrogen-bond acceptors (Lipinski definition) is 2. The molecule has 1 saturated heterocycles. The summed E-state index contributed by atoms with van der Waals surface area (Å²) in [6, 6.07) is 6.56. The topological polar surface area (TPSA) is 41.1 Å². The zero-order valence-corrected chi connectivity index (χ0v) is 13.9. The van der Waals surface area contributed by atoms with Crippen LogP contribution in [0.5, 0.6) is 0 Å². The van der Waals surface area contributed by atoms with E-state index in [4.69, 9.17) is 0 Å². The smallest absolute Gasteiger partial charge is 0.252 e. The SMILES string of the molecule is CC1CC(NC(=O)c2cc(I)ccc2Br)CCN1. The van der Waals surface area contributed by atoms with Gasteiger partial charge in [0.25, 0.3) is 5.91 Å². The minimum Gasteiger partial charge on any atom is -0.349 e. The van der Waals surface area contributed by atoms with E-state index >= 15 is 0 Å². The standard InChI is InChI=1S/C13H16BrIN2O/c1-8-6-10(4-5-16-8)17-13(18)11-7-9(15)2-3-12(11)14/h2-3,7-8,10,16H,4-6H2,1H3,(H,17,18). The zero-order chi connectivity index (χ0) is 13.1. The molecule has 5 heteroatoms. The van der Waals surface area contributed by atoms with Crippen molar-refractivity contribution in [2.24, 2.45) is 0 Å². The molecule has 2 rings (SSSR count). The Bertz CT molecular complexity index is 453. The zero-order valence-electron chi connectivity index (χ0n) is 10.2. The van der Waals surface area contributed by atoms with E-state index < -0.39 is 0 Å². The van der Waals surface area contributed by atoms with E-state index in [9.17, 15) is 4.79 Å². The van der Waals surface area contributed by atoms with E-state index in [0.29, 0.717) is 11.6 Å². The first-order chi connectivity index (χ1) is 8.56. The predicted octanol–water partition coefficient (Wildman–Crippen LogP) is 2.92. The van der Waals surface area contributed by atoms with Crippen molar-refractivity contribution in [3.05, 3.63) is 31.8 Å². The second-order valence-corrected chi connectivity index (χ2v) is 6.77. The normalized spacial score (nSPS) is 23.7. The maximum Gasteiger partial charge on any atom is 0.252 e. The number of carbonyl (C=O) groups is 1. The van der Waals surface area contributed by atoms with Crippen molar-refractivity contribution >= 4 is 44.4 Å². The van der Waals surface area contributed by atoms with Gasteiger partial charge >= 0.3 is 0 Å². The number of benzene rings is 1. The molecule has 2 atom stereocenters. The highest BCUT2D eigenvalue weighted by Crippen LogP contribution is 2.20. The third kappa shape index (κ3) is 3.68. The molecule has 0 bridgehead atoms. The van der Waals surface area contributed by atoms with E-state index in [2.05, 4.69) is 56.1 Å². The summed E-state index contributed by atoms with van der Waals surface area (Å²) in [5, 5.41) is 6.51. The molecule has 1 aromatic carbocycles. The highest BCUT2D eigenvalue weighted by Gasteiger charge is 2.21. The Morgan fingerprint density at radius 3 is 3.06 bits per heavy atom. The van der Waals surface area contributed by atoms with Crippen LogP contribution in [0.25, 0.3) is 0 Å². The van der Waals surface area contributed by atoms with Crippen LogP contribution in [0.2, 0.25) is 0 Å². The molecular weight excluding hydrogens is 407 g/mol. The molecule has 18 heavy (non-hydrogen) atoms. The van der Waals surface area contributed by atoms with Crippen LogP contribution in [-0.2, 0) is 0 Å². The predicted molar refractivity (Wildman–Crippen MR) is 84.8 cm³/mol. The van der Waals surface area contributed by atoms with Crippen LogP contribution < -0.4 is 10.6 Å². The Kier molecular flexibility index (Phi) is 5.03. The van der Waals surface area contributed by atoms with Gasteiger partial charge < -0.3 is 10.6 Å². The highest BCUT2D eigenvalue weighted by molar-refractivity contribution is 14.1.